The second-order valence-corrected chi connectivity index (χ2v) is 10.4. The van der Waals surface area contributed by atoms with Crippen LogP contribution < -0.4 is 5.76 Å². The van der Waals surface area contributed by atoms with Crippen LogP contribution in [0.2, 0.25) is 0 Å². The maximum atomic E-state index is 12.9. The van der Waals surface area contributed by atoms with E-state index in [4.69, 9.17) is 4.42 Å². The fraction of sp³-hybridized carbons (Fsp3) is 0.619. The first-order valence-electron chi connectivity index (χ1n) is 10.7. The van der Waals surface area contributed by atoms with Gasteiger partial charge in [0.2, 0.25) is 15.9 Å². The number of sulfonamides is 1. The molecule has 2 aliphatic rings. The standard InChI is InChI=1S/C21H29N3O5S/c1-15-7-6-8-16(2)24(15)20(25)14-23-18-10-9-17(13-19(18)29-21(23)26)30(27,28)22-11-4-3-5-12-22/h9-10,13,15-16H,3-8,11-12,14H2,1-2H3. The number of carbonyl (C=O) groups is 1. The van der Waals surface area contributed by atoms with Crippen molar-refractivity contribution in [3.05, 3.63) is 28.7 Å². The highest BCUT2D eigenvalue weighted by molar-refractivity contribution is 7.89. The van der Waals surface area contributed by atoms with Crippen LogP contribution in [0.4, 0.5) is 0 Å². The summed E-state index contributed by atoms with van der Waals surface area (Å²) in [6.45, 7) is 4.96. The van der Waals surface area contributed by atoms with E-state index in [0.717, 1.165) is 38.5 Å². The molecule has 3 heterocycles. The molecule has 2 unspecified atom stereocenters. The third kappa shape index (κ3) is 3.80. The molecule has 2 aromatic rings. The van der Waals surface area contributed by atoms with E-state index < -0.39 is 15.8 Å². The number of amides is 1. The van der Waals surface area contributed by atoms with Crippen LogP contribution in [0.3, 0.4) is 0 Å². The van der Waals surface area contributed by atoms with E-state index >= 15 is 0 Å². The molecule has 30 heavy (non-hydrogen) atoms. The summed E-state index contributed by atoms with van der Waals surface area (Å²) in [5.41, 5.74) is 0.619. The van der Waals surface area contributed by atoms with Gasteiger partial charge in [-0.3, -0.25) is 9.36 Å². The van der Waals surface area contributed by atoms with E-state index in [-0.39, 0.29) is 35.0 Å². The van der Waals surface area contributed by atoms with E-state index in [0.29, 0.717) is 18.6 Å². The molecule has 1 aromatic carbocycles. The first-order chi connectivity index (χ1) is 14.3. The molecule has 0 bridgehead atoms. The van der Waals surface area contributed by atoms with Crippen molar-refractivity contribution in [2.24, 2.45) is 0 Å². The zero-order valence-corrected chi connectivity index (χ0v) is 18.4. The lowest BCUT2D eigenvalue weighted by Crippen LogP contribution is -2.49. The van der Waals surface area contributed by atoms with E-state index in [2.05, 4.69) is 0 Å². The minimum Gasteiger partial charge on any atom is -0.408 e. The SMILES string of the molecule is CC1CCCC(C)N1C(=O)Cn1c(=O)oc2cc(S(=O)(=O)N3CCCCC3)ccc21. The Morgan fingerprint density at radius 3 is 2.40 bits per heavy atom. The van der Waals surface area contributed by atoms with Crippen LogP contribution in [-0.2, 0) is 21.4 Å². The number of fused-ring (bicyclic) bond motifs is 1. The summed E-state index contributed by atoms with van der Waals surface area (Å²) in [4.78, 5) is 27.3. The number of oxazole rings is 1. The number of carbonyl (C=O) groups excluding carboxylic acids is 1. The number of likely N-dealkylation sites (tertiary alicyclic amines) is 1. The van der Waals surface area contributed by atoms with Gasteiger partial charge in [-0.1, -0.05) is 6.42 Å². The largest absolute Gasteiger partial charge is 0.420 e. The van der Waals surface area contributed by atoms with Gasteiger partial charge in [0.15, 0.2) is 5.58 Å². The number of nitrogens with zero attached hydrogens (tertiary/aromatic N) is 3. The normalized spacial score (nSPS) is 23.7. The van der Waals surface area contributed by atoms with Crippen molar-refractivity contribution in [2.45, 2.75) is 75.9 Å². The predicted octanol–water partition coefficient (Wildman–Crippen LogP) is 2.56. The minimum atomic E-state index is -3.62. The lowest BCUT2D eigenvalue weighted by Gasteiger charge is -2.39. The third-order valence-corrected chi connectivity index (χ3v) is 8.26. The number of rotatable bonds is 4. The highest BCUT2D eigenvalue weighted by Crippen LogP contribution is 2.26. The van der Waals surface area contributed by atoms with Crippen LogP contribution in [0, 0.1) is 0 Å². The Balaban J connectivity index is 1.62. The van der Waals surface area contributed by atoms with Crippen LogP contribution in [0.25, 0.3) is 11.1 Å². The van der Waals surface area contributed by atoms with E-state index in [1.54, 1.807) is 6.07 Å². The van der Waals surface area contributed by atoms with Crippen molar-refractivity contribution < 1.29 is 17.6 Å². The second kappa shape index (κ2) is 8.19. The summed E-state index contributed by atoms with van der Waals surface area (Å²) in [6, 6.07) is 4.73. The average molecular weight is 436 g/mol. The Hall–Kier alpha value is -2.13. The summed E-state index contributed by atoms with van der Waals surface area (Å²) in [6.07, 6.45) is 5.73. The Morgan fingerprint density at radius 2 is 1.73 bits per heavy atom. The van der Waals surface area contributed by atoms with Gasteiger partial charge in [-0.2, -0.15) is 4.31 Å². The van der Waals surface area contributed by atoms with Crippen molar-refractivity contribution in [1.82, 2.24) is 13.8 Å². The lowest BCUT2D eigenvalue weighted by molar-refractivity contribution is -0.137. The molecule has 2 saturated heterocycles. The third-order valence-electron chi connectivity index (χ3n) is 6.37. The monoisotopic (exact) mass is 435 g/mol. The summed E-state index contributed by atoms with van der Waals surface area (Å²) in [5, 5.41) is 0. The van der Waals surface area contributed by atoms with Crippen molar-refractivity contribution in [3.63, 3.8) is 0 Å². The van der Waals surface area contributed by atoms with Crippen molar-refractivity contribution in [2.75, 3.05) is 13.1 Å². The molecule has 0 saturated carbocycles. The van der Waals surface area contributed by atoms with Crippen LogP contribution in [0.1, 0.15) is 52.4 Å². The molecule has 2 aliphatic heterocycles. The molecule has 4 rings (SSSR count). The average Bonchev–Trinajstić information content (AvgIpc) is 3.03. The molecule has 2 fully saturated rings. The molecule has 164 valence electrons. The first-order valence-corrected chi connectivity index (χ1v) is 12.2. The van der Waals surface area contributed by atoms with Gasteiger partial charge in [-0.15, -0.1) is 0 Å². The molecule has 1 amide bonds. The fourth-order valence-corrected chi connectivity index (χ4v) is 6.27. The Kier molecular flexibility index (Phi) is 5.76. The van der Waals surface area contributed by atoms with Gasteiger partial charge in [0, 0.05) is 31.2 Å². The van der Waals surface area contributed by atoms with Crippen LogP contribution >= 0.6 is 0 Å². The Bertz CT molecular complexity index is 1090. The van der Waals surface area contributed by atoms with Gasteiger partial charge < -0.3 is 9.32 Å². The van der Waals surface area contributed by atoms with Gasteiger partial charge in [0.1, 0.15) is 6.54 Å². The van der Waals surface area contributed by atoms with Crippen molar-refractivity contribution in [3.8, 4) is 0 Å². The van der Waals surface area contributed by atoms with E-state index in [1.807, 2.05) is 18.7 Å². The highest BCUT2D eigenvalue weighted by atomic mass is 32.2. The molecule has 0 aliphatic carbocycles. The molecule has 9 heteroatoms. The first kappa shape index (κ1) is 21.1. The number of hydrogen-bond donors (Lipinski definition) is 0. The van der Waals surface area contributed by atoms with Crippen molar-refractivity contribution >= 4 is 27.0 Å². The fourth-order valence-electron chi connectivity index (χ4n) is 4.74. The van der Waals surface area contributed by atoms with Crippen LogP contribution in [0.5, 0.6) is 0 Å². The Morgan fingerprint density at radius 1 is 1.07 bits per heavy atom. The zero-order valence-electron chi connectivity index (χ0n) is 17.5. The maximum absolute atomic E-state index is 12.9. The molecule has 1 aromatic heterocycles. The summed E-state index contributed by atoms with van der Waals surface area (Å²) in [5.74, 6) is -0.771. The van der Waals surface area contributed by atoms with E-state index in [1.165, 1.54) is 21.0 Å². The summed E-state index contributed by atoms with van der Waals surface area (Å²) < 4.78 is 33.9. The number of hydrogen-bond acceptors (Lipinski definition) is 5. The lowest BCUT2D eigenvalue weighted by atomic mass is 9.97. The summed E-state index contributed by atoms with van der Waals surface area (Å²) >= 11 is 0. The number of benzene rings is 1. The van der Waals surface area contributed by atoms with Gasteiger partial charge in [-0.25, -0.2) is 13.2 Å². The molecule has 2 atom stereocenters. The van der Waals surface area contributed by atoms with Gasteiger partial charge in [-0.05, 0) is 58.1 Å². The minimum absolute atomic E-state index is 0.112. The van der Waals surface area contributed by atoms with Crippen LogP contribution in [0.15, 0.2) is 32.3 Å². The molecule has 0 spiro atoms. The molecular weight excluding hydrogens is 406 g/mol. The van der Waals surface area contributed by atoms with Crippen LogP contribution in [-0.4, -0.2) is 53.3 Å². The number of aromatic nitrogens is 1. The van der Waals surface area contributed by atoms with Gasteiger partial charge in [0.25, 0.3) is 0 Å². The van der Waals surface area contributed by atoms with Gasteiger partial charge >= 0.3 is 5.76 Å². The highest BCUT2D eigenvalue weighted by Gasteiger charge is 2.30. The Labute approximate surface area is 176 Å². The molecule has 0 radical (unpaired) electrons. The molecule has 0 N–H and O–H groups in total. The smallest absolute Gasteiger partial charge is 0.408 e. The van der Waals surface area contributed by atoms with Crippen molar-refractivity contribution in [1.29, 1.82) is 0 Å². The zero-order chi connectivity index (χ0) is 21.5. The molecular formula is C21H29N3O5S. The molecule has 8 nitrogen and oxygen atoms in total. The maximum Gasteiger partial charge on any atom is 0.420 e. The predicted molar refractivity (Wildman–Crippen MR) is 113 cm³/mol. The van der Waals surface area contributed by atoms with Gasteiger partial charge in [0.05, 0.1) is 10.4 Å². The number of piperidine rings is 2. The van der Waals surface area contributed by atoms with E-state index in [9.17, 15) is 18.0 Å². The topological polar surface area (TPSA) is 92.8 Å². The summed E-state index contributed by atoms with van der Waals surface area (Å²) in [7, 11) is -3.62. The second-order valence-electron chi connectivity index (χ2n) is 8.48. The quantitative estimate of drug-likeness (QED) is 0.736.